The molecule has 6 heteroatoms. The van der Waals surface area contributed by atoms with Gasteiger partial charge in [0.05, 0.1) is 0 Å². The summed E-state index contributed by atoms with van der Waals surface area (Å²) in [7, 11) is 0. The highest BCUT2D eigenvalue weighted by atomic mass is 32.1. The van der Waals surface area contributed by atoms with Crippen LogP contribution in [0.5, 0.6) is 0 Å². The Kier molecular flexibility index (Phi) is 5.48. The van der Waals surface area contributed by atoms with Gasteiger partial charge >= 0.3 is 6.03 Å². The van der Waals surface area contributed by atoms with Crippen molar-refractivity contribution in [3.8, 4) is 0 Å². The molecule has 0 saturated carbocycles. The number of thiophene rings is 1. The minimum Gasteiger partial charge on any atom is -0.339 e. The van der Waals surface area contributed by atoms with E-state index in [1.165, 1.54) is 4.88 Å². The summed E-state index contributed by atoms with van der Waals surface area (Å²) < 4.78 is 0. The van der Waals surface area contributed by atoms with Crippen LogP contribution in [0.1, 0.15) is 11.3 Å². The van der Waals surface area contributed by atoms with Gasteiger partial charge in [0.25, 0.3) is 0 Å². The smallest absolute Gasteiger partial charge is 0.321 e. The zero-order valence-corrected chi connectivity index (χ0v) is 14.3. The molecular formula is C18H21N3O2S. The number of piperazine rings is 1. The van der Waals surface area contributed by atoms with Crippen molar-refractivity contribution in [3.05, 3.63) is 52.7 Å². The van der Waals surface area contributed by atoms with Gasteiger partial charge in [0, 0.05) is 43.2 Å². The third-order valence-electron chi connectivity index (χ3n) is 4.11. The van der Waals surface area contributed by atoms with Crippen molar-refractivity contribution < 1.29 is 9.59 Å². The number of hydrogen-bond donors (Lipinski definition) is 1. The first kappa shape index (κ1) is 16.5. The lowest BCUT2D eigenvalue weighted by Crippen LogP contribution is -2.51. The van der Waals surface area contributed by atoms with E-state index in [0.717, 1.165) is 12.1 Å². The molecule has 2 aromatic rings. The first-order chi connectivity index (χ1) is 11.7. The lowest BCUT2D eigenvalue weighted by atomic mass is 10.2. The van der Waals surface area contributed by atoms with Crippen molar-refractivity contribution in [2.75, 3.05) is 31.5 Å². The zero-order chi connectivity index (χ0) is 16.8. The number of nitrogens with zero attached hydrogens (tertiary/aromatic N) is 2. The summed E-state index contributed by atoms with van der Waals surface area (Å²) in [5.74, 6) is 0.173. The van der Waals surface area contributed by atoms with Gasteiger partial charge in [-0.2, -0.15) is 0 Å². The Labute approximate surface area is 145 Å². The number of benzene rings is 1. The van der Waals surface area contributed by atoms with Crippen molar-refractivity contribution in [2.45, 2.75) is 12.8 Å². The van der Waals surface area contributed by atoms with Crippen molar-refractivity contribution >= 4 is 29.0 Å². The van der Waals surface area contributed by atoms with Gasteiger partial charge in [-0.15, -0.1) is 11.3 Å². The molecule has 0 bridgehead atoms. The summed E-state index contributed by atoms with van der Waals surface area (Å²) in [5.41, 5.74) is 0.789. The van der Waals surface area contributed by atoms with Crippen LogP contribution in [0, 0.1) is 0 Å². The number of anilines is 1. The Balaban J connectivity index is 1.43. The van der Waals surface area contributed by atoms with Crippen LogP contribution in [0.3, 0.4) is 0 Å². The molecule has 1 aliphatic heterocycles. The second kappa shape index (κ2) is 7.97. The maximum absolute atomic E-state index is 12.3. The summed E-state index contributed by atoms with van der Waals surface area (Å²) in [6.07, 6.45) is 1.34. The van der Waals surface area contributed by atoms with Crippen LogP contribution >= 0.6 is 11.3 Å². The summed E-state index contributed by atoms with van der Waals surface area (Å²) in [6, 6.07) is 13.4. The standard InChI is InChI=1S/C18H21N3O2S/c22-17(9-8-16-7-4-14-24-16)20-10-12-21(13-11-20)18(23)19-15-5-2-1-3-6-15/h1-7,14H,8-13H2,(H,19,23). The Hall–Kier alpha value is -2.34. The molecule has 3 amide bonds. The molecule has 0 aliphatic carbocycles. The molecule has 3 rings (SSSR count). The highest BCUT2D eigenvalue weighted by molar-refractivity contribution is 7.09. The van der Waals surface area contributed by atoms with E-state index in [1.807, 2.05) is 46.7 Å². The maximum atomic E-state index is 12.3. The molecule has 5 nitrogen and oxygen atoms in total. The number of carbonyl (C=O) groups is 2. The average molecular weight is 343 g/mol. The van der Waals surface area contributed by atoms with Crippen molar-refractivity contribution in [3.63, 3.8) is 0 Å². The fourth-order valence-electron chi connectivity index (χ4n) is 2.73. The van der Waals surface area contributed by atoms with E-state index >= 15 is 0 Å². The number of para-hydroxylation sites is 1. The number of amides is 3. The summed E-state index contributed by atoms with van der Waals surface area (Å²) in [4.78, 5) is 29.4. The lowest BCUT2D eigenvalue weighted by Gasteiger charge is -2.34. The molecule has 2 heterocycles. The molecule has 0 spiro atoms. The molecule has 24 heavy (non-hydrogen) atoms. The molecular weight excluding hydrogens is 322 g/mol. The van der Waals surface area contributed by atoms with Gasteiger partial charge in [0.15, 0.2) is 0 Å². The minimum atomic E-state index is -0.105. The van der Waals surface area contributed by atoms with Crippen molar-refractivity contribution in [2.24, 2.45) is 0 Å². The quantitative estimate of drug-likeness (QED) is 0.928. The van der Waals surface area contributed by atoms with Crippen molar-refractivity contribution in [1.29, 1.82) is 0 Å². The number of hydrogen-bond acceptors (Lipinski definition) is 3. The van der Waals surface area contributed by atoms with Crippen LogP contribution < -0.4 is 5.32 Å². The molecule has 1 aromatic heterocycles. The maximum Gasteiger partial charge on any atom is 0.321 e. The third-order valence-corrected chi connectivity index (χ3v) is 5.05. The van der Waals surface area contributed by atoms with Crippen LogP contribution in [-0.2, 0) is 11.2 Å². The van der Waals surface area contributed by atoms with E-state index in [9.17, 15) is 9.59 Å². The first-order valence-electron chi connectivity index (χ1n) is 8.13. The zero-order valence-electron chi connectivity index (χ0n) is 13.5. The molecule has 1 fully saturated rings. The van der Waals surface area contributed by atoms with E-state index in [4.69, 9.17) is 0 Å². The summed E-state index contributed by atoms with van der Waals surface area (Å²) in [5, 5.41) is 4.92. The second-order valence-corrected chi connectivity index (χ2v) is 6.78. The number of carbonyl (C=O) groups excluding carboxylic acids is 2. The van der Waals surface area contributed by atoms with Gasteiger partial charge in [-0.1, -0.05) is 24.3 Å². The number of urea groups is 1. The molecule has 126 valence electrons. The van der Waals surface area contributed by atoms with Crippen molar-refractivity contribution in [1.82, 2.24) is 9.80 Å². The summed E-state index contributed by atoms with van der Waals surface area (Å²) >= 11 is 1.68. The van der Waals surface area contributed by atoms with Crippen LogP contribution in [0.15, 0.2) is 47.8 Å². The van der Waals surface area contributed by atoms with E-state index in [0.29, 0.717) is 32.6 Å². The number of nitrogens with one attached hydrogen (secondary N) is 1. The van der Waals surface area contributed by atoms with Gasteiger partial charge in [-0.3, -0.25) is 4.79 Å². The topological polar surface area (TPSA) is 52.7 Å². The molecule has 1 aliphatic rings. The van der Waals surface area contributed by atoms with Gasteiger partial charge in [-0.05, 0) is 30.0 Å². The molecule has 0 atom stereocenters. The average Bonchev–Trinajstić information content (AvgIpc) is 3.14. The second-order valence-electron chi connectivity index (χ2n) is 5.74. The Morgan fingerprint density at radius 3 is 2.33 bits per heavy atom. The van der Waals surface area contributed by atoms with E-state index < -0.39 is 0 Å². The highest BCUT2D eigenvalue weighted by Crippen LogP contribution is 2.13. The molecule has 1 aromatic carbocycles. The third kappa shape index (κ3) is 4.35. The van der Waals surface area contributed by atoms with Gasteiger partial charge < -0.3 is 15.1 Å². The highest BCUT2D eigenvalue weighted by Gasteiger charge is 2.23. The monoisotopic (exact) mass is 343 g/mol. The predicted molar refractivity (Wildman–Crippen MR) is 96.3 cm³/mol. The van der Waals surface area contributed by atoms with Gasteiger partial charge in [0.1, 0.15) is 0 Å². The van der Waals surface area contributed by atoms with Crippen LogP contribution in [0.4, 0.5) is 10.5 Å². The van der Waals surface area contributed by atoms with Crippen LogP contribution in [0.2, 0.25) is 0 Å². The van der Waals surface area contributed by atoms with Gasteiger partial charge in [0.2, 0.25) is 5.91 Å². The van der Waals surface area contributed by atoms with Crippen LogP contribution in [-0.4, -0.2) is 47.9 Å². The van der Waals surface area contributed by atoms with E-state index in [2.05, 4.69) is 11.4 Å². The normalized spacial score (nSPS) is 14.5. The molecule has 1 saturated heterocycles. The largest absolute Gasteiger partial charge is 0.339 e. The Morgan fingerprint density at radius 1 is 0.958 bits per heavy atom. The SMILES string of the molecule is O=C(CCc1cccs1)N1CCN(C(=O)Nc2ccccc2)CC1. The Morgan fingerprint density at radius 2 is 1.67 bits per heavy atom. The molecule has 0 radical (unpaired) electrons. The number of aryl methyl sites for hydroxylation is 1. The minimum absolute atomic E-state index is 0.105. The van der Waals surface area contributed by atoms with E-state index in [1.54, 1.807) is 16.2 Å². The Bertz CT molecular complexity index is 665. The van der Waals surface area contributed by atoms with Gasteiger partial charge in [-0.25, -0.2) is 4.79 Å². The fourth-order valence-corrected chi connectivity index (χ4v) is 3.44. The predicted octanol–water partition coefficient (Wildman–Crippen LogP) is 3.06. The number of rotatable bonds is 4. The first-order valence-corrected chi connectivity index (χ1v) is 9.01. The van der Waals surface area contributed by atoms with Crippen LogP contribution in [0.25, 0.3) is 0 Å². The lowest BCUT2D eigenvalue weighted by molar-refractivity contribution is -0.132. The van der Waals surface area contributed by atoms with E-state index in [-0.39, 0.29) is 11.9 Å². The summed E-state index contributed by atoms with van der Waals surface area (Å²) in [6.45, 7) is 2.35. The molecule has 1 N–H and O–H groups in total. The molecule has 0 unspecified atom stereocenters. The fraction of sp³-hybridized carbons (Fsp3) is 0.333.